The summed E-state index contributed by atoms with van der Waals surface area (Å²) in [5.74, 6) is 0.242. The highest BCUT2D eigenvalue weighted by Crippen LogP contribution is 2.24. The van der Waals surface area contributed by atoms with Gasteiger partial charge >= 0.3 is 0 Å². The zero-order chi connectivity index (χ0) is 18.6. The molecule has 0 saturated heterocycles. The van der Waals surface area contributed by atoms with Crippen molar-refractivity contribution in [1.82, 2.24) is 10.0 Å². The minimum atomic E-state index is -3.66. The fourth-order valence-electron chi connectivity index (χ4n) is 3.25. The van der Waals surface area contributed by atoms with E-state index in [4.69, 9.17) is 0 Å². The molecule has 2 atom stereocenters. The van der Waals surface area contributed by atoms with E-state index >= 15 is 0 Å². The van der Waals surface area contributed by atoms with Gasteiger partial charge in [0.25, 0.3) is 5.91 Å². The third-order valence-corrected chi connectivity index (χ3v) is 7.13. The second-order valence-corrected chi connectivity index (χ2v) is 9.57. The molecule has 0 bridgehead atoms. The van der Waals surface area contributed by atoms with E-state index in [9.17, 15) is 13.2 Å². The van der Waals surface area contributed by atoms with Crippen LogP contribution in [0.25, 0.3) is 0 Å². The molecule has 140 valence electrons. The Bertz CT molecular complexity index is 847. The highest BCUT2D eigenvalue weighted by Gasteiger charge is 2.24. The summed E-state index contributed by atoms with van der Waals surface area (Å²) in [6, 6.07) is 10.1. The molecule has 1 aliphatic rings. The summed E-state index contributed by atoms with van der Waals surface area (Å²) in [4.78, 5) is 13.6. The van der Waals surface area contributed by atoms with Gasteiger partial charge in [0.1, 0.15) is 0 Å². The fourth-order valence-corrected chi connectivity index (χ4v) is 5.04. The Morgan fingerprint density at radius 1 is 1.19 bits per heavy atom. The fraction of sp³-hybridized carbons (Fsp3) is 0.421. The predicted molar refractivity (Wildman–Crippen MR) is 104 cm³/mol. The number of benzene rings is 1. The number of carbonyl (C=O) groups excluding carboxylic acids is 1. The zero-order valence-electron chi connectivity index (χ0n) is 14.8. The largest absolute Gasteiger partial charge is 0.349 e. The van der Waals surface area contributed by atoms with Crippen molar-refractivity contribution in [3.8, 4) is 0 Å². The van der Waals surface area contributed by atoms with Gasteiger partial charge in [0, 0.05) is 23.0 Å². The van der Waals surface area contributed by atoms with Crippen molar-refractivity contribution in [3.05, 3.63) is 52.2 Å². The second kappa shape index (κ2) is 8.33. The molecule has 1 aromatic heterocycles. The molecule has 0 unspecified atom stereocenters. The van der Waals surface area contributed by atoms with E-state index in [1.807, 2.05) is 17.5 Å². The molecule has 0 radical (unpaired) electrons. The average molecular weight is 393 g/mol. The van der Waals surface area contributed by atoms with Crippen molar-refractivity contribution < 1.29 is 13.2 Å². The lowest BCUT2D eigenvalue weighted by Crippen LogP contribution is -2.41. The number of sulfonamides is 1. The lowest BCUT2D eigenvalue weighted by atomic mass is 9.86. The molecular weight excluding hydrogens is 368 g/mol. The van der Waals surface area contributed by atoms with E-state index in [1.54, 1.807) is 12.1 Å². The molecule has 3 rings (SSSR count). The highest BCUT2D eigenvalue weighted by atomic mass is 32.2. The molecule has 1 fully saturated rings. The van der Waals surface area contributed by atoms with Gasteiger partial charge in [-0.15, -0.1) is 11.3 Å². The molecule has 1 saturated carbocycles. The summed E-state index contributed by atoms with van der Waals surface area (Å²) in [6.07, 6.45) is 4.42. The molecule has 2 aromatic rings. The predicted octanol–water partition coefficient (Wildman–Crippen LogP) is 3.54. The van der Waals surface area contributed by atoms with Gasteiger partial charge in [0.05, 0.1) is 4.90 Å². The van der Waals surface area contributed by atoms with Crippen molar-refractivity contribution in [3.63, 3.8) is 0 Å². The maximum Gasteiger partial charge on any atom is 0.251 e. The lowest BCUT2D eigenvalue weighted by molar-refractivity contribution is 0.0910. The molecular formula is C19H24N2O3S2. The average Bonchev–Trinajstić information content (AvgIpc) is 3.16. The number of nitrogens with one attached hydrogen (secondary N) is 2. The van der Waals surface area contributed by atoms with E-state index < -0.39 is 10.0 Å². The van der Waals surface area contributed by atoms with Crippen molar-refractivity contribution in [2.24, 2.45) is 5.92 Å². The Labute approximate surface area is 158 Å². The number of hydrogen-bond donors (Lipinski definition) is 2. The van der Waals surface area contributed by atoms with E-state index in [-0.39, 0.29) is 23.4 Å². The van der Waals surface area contributed by atoms with Crippen molar-refractivity contribution in [2.45, 2.75) is 50.1 Å². The topological polar surface area (TPSA) is 75.3 Å². The maximum atomic E-state index is 12.6. The summed E-state index contributed by atoms with van der Waals surface area (Å²) >= 11 is 1.50. The van der Waals surface area contributed by atoms with Crippen LogP contribution >= 0.6 is 11.3 Å². The van der Waals surface area contributed by atoms with Crippen LogP contribution in [0.1, 0.15) is 47.8 Å². The number of hydrogen-bond acceptors (Lipinski definition) is 4. The highest BCUT2D eigenvalue weighted by molar-refractivity contribution is 7.89. The summed E-state index contributed by atoms with van der Waals surface area (Å²) in [5, 5.41) is 4.97. The summed E-state index contributed by atoms with van der Waals surface area (Å²) in [5.41, 5.74) is 0.377. The van der Waals surface area contributed by atoms with Gasteiger partial charge in [-0.25, -0.2) is 13.1 Å². The third kappa shape index (κ3) is 4.72. The molecule has 1 heterocycles. The molecule has 2 N–H and O–H groups in total. The standard InChI is InChI=1S/C19H24N2O3S2/c1-14-6-2-3-10-18(14)21-19(22)15-7-4-9-17(12-15)26(23,24)20-13-16-8-5-11-25-16/h4-5,7-9,11-12,14,18,20H,2-3,6,10,13H2,1H3,(H,21,22)/t14-,18+/m1/s1. The van der Waals surface area contributed by atoms with Crippen LogP contribution in [-0.4, -0.2) is 20.4 Å². The van der Waals surface area contributed by atoms with Gasteiger partial charge in [-0.3, -0.25) is 4.79 Å². The second-order valence-electron chi connectivity index (χ2n) is 6.77. The smallest absolute Gasteiger partial charge is 0.251 e. The first-order valence-electron chi connectivity index (χ1n) is 8.89. The van der Waals surface area contributed by atoms with E-state index in [0.717, 1.165) is 24.1 Å². The van der Waals surface area contributed by atoms with Crippen LogP contribution in [-0.2, 0) is 16.6 Å². The molecule has 1 amide bonds. The summed E-state index contributed by atoms with van der Waals surface area (Å²) < 4.78 is 27.6. The van der Waals surface area contributed by atoms with E-state index in [0.29, 0.717) is 11.5 Å². The van der Waals surface area contributed by atoms with E-state index in [1.165, 1.54) is 29.9 Å². The number of amides is 1. The minimum absolute atomic E-state index is 0.110. The van der Waals surface area contributed by atoms with Crippen molar-refractivity contribution >= 4 is 27.3 Å². The van der Waals surface area contributed by atoms with Gasteiger partial charge in [-0.1, -0.05) is 31.9 Å². The Morgan fingerprint density at radius 3 is 2.73 bits per heavy atom. The van der Waals surface area contributed by atoms with Crippen LogP contribution in [0.5, 0.6) is 0 Å². The van der Waals surface area contributed by atoms with E-state index in [2.05, 4.69) is 17.0 Å². The van der Waals surface area contributed by atoms with Crippen LogP contribution in [0.2, 0.25) is 0 Å². The number of thiophene rings is 1. The molecule has 5 nitrogen and oxygen atoms in total. The molecule has 0 aliphatic heterocycles. The Balaban J connectivity index is 1.69. The van der Waals surface area contributed by atoms with Gasteiger partial charge in [0.2, 0.25) is 10.0 Å². The summed E-state index contributed by atoms with van der Waals surface area (Å²) in [7, 11) is -3.66. The van der Waals surface area contributed by atoms with Crippen LogP contribution in [0.15, 0.2) is 46.7 Å². The van der Waals surface area contributed by atoms with Crippen molar-refractivity contribution in [1.29, 1.82) is 0 Å². The molecule has 0 spiro atoms. The quantitative estimate of drug-likeness (QED) is 0.790. The lowest BCUT2D eigenvalue weighted by Gasteiger charge is -2.29. The molecule has 7 heteroatoms. The van der Waals surface area contributed by atoms with Crippen LogP contribution in [0, 0.1) is 5.92 Å². The van der Waals surface area contributed by atoms with Crippen LogP contribution in [0.3, 0.4) is 0 Å². The summed E-state index contributed by atoms with van der Waals surface area (Å²) in [6.45, 7) is 2.40. The zero-order valence-corrected chi connectivity index (χ0v) is 16.4. The first-order valence-corrected chi connectivity index (χ1v) is 11.2. The first kappa shape index (κ1) is 19.1. The Morgan fingerprint density at radius 2 is 2.00 bits per heavy atom. The van der Waals surface area contributed by atoms with Crippen LogP contribution < -0.4 is 10.0 Å². The maximum absolute atomic E-state index is 12.6. The SMILES string of the molecule is C[C@@H]1CCCC[C@@H]1NC(=O)c1cccc(S(=O)(=O)NCc2cccs2)c1. The van der Waals surface area contributed by atoms with Gasteiger partial charge in [-0.05, 0) is 48.4 Å². The van der Waals surface area contributed by atoms with Crippen molar-refractivity contribution in [2.75, 3.05) is 0 Å². The van der Waals surface area contributed by atoms with Gasteiger partial charge < -0.3 is 5.32 Å². The van der Waals surface area contributed by atoms with Crippen LogP contribution in [0.4, 0.5) is 0 Å². The van der Waals surface area contributed by atoms with Gasteiger partial charge in [-0.2, -0.15) is 0 Å². The molecule has 1 aliphatic carbocycles. The third-order valence-electron chi connectivity index (χ3n) is 4.85. The Kier molecular flexibility index (Phi) is 6.11. The Hall–Kier alpha value is -1.70. The number of rotatable bonds is 6. The van der Waals surface area contributed by atoms with Gasteiger partial charge in [0.15, 0.2) is 0 Å². The minimum Gasteiger partial charge on any atom is -0.349 e. The monoisotopic (exact) mass is 392 g/mol. The first-order chi connectivity index (χ1) is 12.5. The normalized spacial score (nSPS) is 20.7. The molecule has 26 heavy (non-hydrogen) atoms. The number of carbonyl (C=O) groups is 1. The molecule has 1 aromatic carbocycles.